The van der Waals surface area contributed by atoms with Gasteiger partial charge in [0.15, 0.2) is 0 Å². The van der Waals surface area contributed by atoms with Gasteiger partial charge in [-0.15, -0.1) is 11.3 Å². The minimum absolute atomic E-state index is 0.0138. The van der Waals surface area contributed by atoms with E-state index in [9.17, 15) is 9.59 Å². The molecule has 144 valence electrons. The maximum Gasteiger partial charge on any atom is 0.261 e. The number of amides is 2. The number of piperazine rings is 1. The first-order valence-corrected chi connectivity index (χ1v) is 10.4. The summed E-state index contributed by atoms with van der Waals surface area (Å²) in [5, 5.41) is 7.10. The largest absolute Gasteiger partial charge is 0.350 e. The number of nitrogens with zero attached hydrogens (tertiary/aromatic N) is 2. The third kappa shape index (κ3) is 4.24. The molecule has 1 aliphatic heterocycles. The predicted octanol–water partition coefficient (Wildman–Crippen LogP) is 3.09. The van der Waals surface area contributed by atoms with Gasteiger partial charge in [0.2, 0.25) is 0 Å². The number of carbonyl (C=O) groups is 2. The molecule has 0 atom stereocenters. The molecule has 0 bridgehead atoms. The molecule has 3 aromatic rings. The first kappa shape index (κ1) is 18.7. The van der Waals surface area contributed by atoms with Crippen LogP contribution in [0.15, 0.2) is 60.0 Å². The summed E-state index contributed by atoms with van der Waals surface area (Å²) in [4.78, 5) is 29.8. The molecule has 6 heteroatoms. The lowest BCUT2D eigenvalue weighted by molar-refractivity contribution is 0.0638. The van der Waals surface area contributed by atoms with Crippen molar-refractivity contribution in [2.45, 2.75) is 0 Å². The molecule has 2 amide bonds. The highest BCUT2D eigenvalue weighted by molar-refractivity contribution is 7.12. The lowest BCUT2D eigenvalue weighted by atomic mass is 10.1. The van der Waals surface area contributed by atoms with Crippen LogP contribution in [0.5, 0.6) is 0 Å². The van der Waals surface area contributed by atoms with Crippen molar-refractivity contribution in [1.82, 2.24) is 15.1 Å². The van der Waals surface area contributed by atoms with Crippen LogP contribution in [-0.2, 0) is 0 Å². The van der Waals surface area contributed by atoms with Crippen LogP contribution in [0.1, 0.15) is 20.0 Å². The fourth-order valence-corrected chi connectivity index (χ4v) is 4.14. The van der Waals surface area contributed by atoms with Crippen LogP contribution in [0.4, 0.5) is 0 Å². The van der Waals surface area contributed by atoms with E-state index >= 15 is 0 Å². The summed E-state index contributed by atoms with van der Waals surface area (Å²) in [6.07, 6.45) is 0. The minimum Gasteiger partial charge on any atom is -0.350 e. The van der Waals surface area contributed by atoms with E-state index in [2.05, 4.69) is 16.3 Å². The Kier molecular flexibility index (Phi) is 5.69. The van der Waals surface area contributed by atoms with Crippen molar-refractivity contribution in [1.29, 1.82) is 0 Å². The van der Waals surface area contributed by atoms with Gasteiger partial charge in [0.25, 0.3) is 11.8 Å². The average Bonchev–Trinajstić information content (AvgIpc) is 3.28. The summed E-state index contributed by atoms with van der Waals surface area (Å²) in [7, 11) is 0. The van der Waals surface area contributed by atoms with E-state index < -0.39 is 0 Å². The molecular weight excluding hydrogens is 370 g/mol. The highest BCUT2D eigenvalue weighted by Gasteiger charge is 2.22. The van der Waals surface area contributed by atoms with Crippen LogP contribution in [0, 0.1) is 0 Å². The molecular formula is C22H23N3O2S. The van der Waals surface area contributed by atoms with Gasteiger partial charge >= 0.3 is 0 Å². The number of hydrogen-bond donors (Lipinski definition) is 1. The Balaban J connectivity index is 1.26. The van der Waals surface area contributed by atoms with Crippen LogP contribution < -0.4 is 5.32 Å². The fourth-order valence-electron chi connectivity index (χ4n) is 3.50. The number of carbonyl (C=O) groups excluding carboxylic acids is 2. The molecule has 1 aromatic heterocycles. The molecule has 28 heavy (non-hydrogen) atoms. The monoisotopic (exact) mass is 393 g/mol. The zero-order valence-corrected chi connectivity index (χ0v) is 16.5. The van der Waals surface area contributed by atoms with Gasteiger partial charge in [-0.05, 0) is 34.4 Å². The molecule has 2 heterocycles. The Morgan fingerprint density at radius 1 is 0.929 bits per heavy atom. The average molecular weight is 394 g/mol. The number of thiophene rings is 1. The second kappa shape index (κ2) is 8.54. The smallest absolute Gasteiger partial charge is 0.261 e. The fraction of sp³-hybridized carbons (Fsp3) is 0.273. The standard InChI is InChI=1S/C22H23N3O2S/c26-21(20-6-3-15-28-20)23-9-10-24-11-13-25(14-12-24)22(27)19-8-7-17-4-1-2-5-18(17)16-19/h1-8,15-16H,9-14H2,(H,23,26). The molecule has 1 N–H and O–H groups in total. The van der Waals surface area contributed by atoms with E-state index in [0.717, 1.165) is 40.8 Å². The zero-order valence-electron chi connectivity index (χ0n) is 15.6. The molecule has 0 unspecified atom stereocenters. The summed E-state index contributed by atoms with van der Waals surface area (Å²) in [6, 6.07) is 17.7. The van der Waals surface area contributed by atoms with Crippen molar-refractivity contribution in [2.75, 3.05) is 39.3 Å². The SMILES string of the molecule is O=C(NCCN1CCN(C(=O)c2ccc3ccccc3c2)CC1)c1cccs1. The summed E-state index contributed by atoms with van der Waals surface area (Å²) in [6.45, 7) is 4.50. The molecule has 2 aromatic carbocycles. The Morgan fingerprint density at radius 3 is 2.46 bits per heavy atom. The molecule has 1 aliphatic rings. The van der Waals surface area contributed by atoms with E-state index in [4.69, 9.17) is 0 Å². The molecule has 4 rings (SSSR count). The highest BCUT2D eigenvalue weighted by atomic mass is 32.1. The maximum absolute atomic E-state index is 12.8. The van der Waals surface area contributed by atoms with E-state index in [0.29, 0.717) is 19.6 Å². The summed E-state index contributed by atoms with van der Waals surface area (Å²) < 4.78 is 0. The second-order valence-electron chi connectivity index (χ2n) is 6.93. The predicted molar refractivity (Wildman–Crippen MR) is 113 cm³/mol. The van der Waals surface area contributed by atoms with E-state index in [1.54, 1.807) is 0 Å². The number of nitrogens with one attached hydrogen (secondary N) is 1. The van der Waals surface area contributed by atoms with Gasteiger partial charge in [0.1, 0.15) is 0 Å². The Morgan fingerprint density at radius 2 is 1.71 bits per heavy atom. The Labute approximate surface area is 168 Å². The van der Waals surface area contributed by atoms with E-state index in [1.807, 2.05) is 58.8 Å². The van der Waals surface area contributed by atoms with Crippen LogP contribution in [0.2, 0.25) is 0 Å². The number of rotatable bonds is 5. The van der Waals surface area contributed by atoms with Gasteiger partial charge in [-0.25, -0.2) is 0 Å². The normalized spacial score (nSPS) is 14.9. The van der Waals surface area contributed by atoms with Gasteiger partial charge in [-0.1, -0.05) is 36.4 Å². The number of fused-ring (bicyclic) bond motifs is 1. The zero-order chi connectivity index (χ0) is 19.3. The van der Waals surface area contributed by atoms with Crippen molar-refractivity contribution in [3.63, 3.8) is 0 Å². The van der Waals surface area contributed by atoms with Crippen molar-refractivity contribution in [2.24, 2.45) is 0 Å². The summed E-state index contributed by atoms with van der Waals surface area (Å²) in [5.41, 5.74) is 0.746. The first-order chi connectivity index (χ1) is 13.7. The minimum atomic E-state index is -0.0138. The summed E-state index contributed by atoms with van der Waals surface area (Å²) >= 11 is 1.45. The van der Waals surface area contributed by atoms with Crippen LogP contribution in [0.3, 0.4) is 0 Å². The van der Waals surface area contributed by atoms with Crippen molar-refractivity contribution < 1.29 is 9.59 Å². The van der Waals surface area contributed by atoms with Gasteiger partial charge in [0, 0.05) is 44.8 Å². The van der Waals surface area contributed by atoms with E-state index in [1.165, 1.54) is 11.3 Å². The highest BCUT2D eigenvalue weighted by Crippen LogP contribution is 2.17. The van der Waals surface area contributed by atoms with Crippen LogP contribution >= 0.6 is 11.3 Å². The molecule has 0 saturated carbocycles. The molecule has 1 fully saturated rings. The second-order valence-corrected chi connectivity index (χ2v) is 7.88. The van der Waals surface area contributed by atoms with Gasteiger partial charge in [-0.2, -0.15) is 0 Å². The quantitative estimate of drug-likeness (QED) is 0.725. The lowest BCUT2D eigenvalue weighted by Gasteiger charge is -2.34. The van der Waals surface area contributed by atoms with Crippen molar-refractivity contribution in [3.8, 4) is 0 Å². The third-order valence-electron chi connectivity index (χ3n) is 5.11. The topological polar surface area (TPSA) is 52.7 Å². The molecule has 0 spiro atoms. The molecule has 0 aliphatic carbocycles. The molecule has 5 nitrogen and oxygen atoms in total. The Bertz CT molecular complexity index is 963. The van der Waals surface area contributed by atoms with Crippen molar-refractivity contribution in [3.05, 3.63) is 70.4 Å². The van der Waals surface area contributed by atoms with E-state index in [-0.39, 0.29) is 11.8 Å². The number of benzene rings is 2. The number of hydrogen-bond acceptors (Lipinski definition) is 4. The van der Waals surface area contributed by atoms with Gasteiger partial charge < -0.3 is 10.2 Å². The van der Waals surface area contributed by atoms with Gasteiger partial charge in [-0.3, -0.25) is 14.5 Å². The Hall–Kier alpha value is -2.70. The van der Waals surface area contributed by atoms with Crippen LogP contribution in [-0.4, -0.2) is 60.9 Å². The molecule has 0 radical (unpaired) electrons. The molecule has 1 saturated heterocycles. The van der Waals surface area contributed by atoms with Crippen molar-refractivity contribution >= 4 is 33.9 Å². The third-order valence-corrected chi connectivity index (χ3v) is 5.98. The maximum atomic E-state index is 12.8. The first-order valence-electron chi connectivity index (χ1n) is 9.53. The summed E-state index contributed by atoms with van der Waals surface area (Å²) in [5.74, 6) is 0.0801. The van der Waals surface area contributed by atoms with Crippen LogP contribution in [0.25, 0.3) is 10.8 Å². The lowest BCUT2D eigenvalue weighted by Crippen LogP contribution is -2.50. The van der Waals surface area contributed by atoms with Gasteiger partial charge in [0.05, 0.1) is 4.88 Å².